The zero-order valence-electron chi connectivity index (χ0n) is 16.9. The molecule has 0 aliphatic carbocycles. The molecule has 0 spiro atoms. The van der Waals surface area contributed by atoms with Crippen molar-refractivity contribution in [3.05, 3.63) is 77.3 Å². The van der Waals surface area contributed by atoms with Gasteiger partial charge in [0.1, 0.15) is 11.3 Å². The van der Waals surface area contributed by atoms with E-state index in [-0.39, 0.29) is 5.91 Å². The lowest BCUT2D eigenvalue weighted by atomic mass is 10.1. The highest BCUT2D eigenvalue weighted by Gasteiger charge is 2.30. The van der Waals surface area contributed by atoms with E-state index in [0.29, 0.717) is 33.4 Å². The molecule has 6 heteroatoms. The molecule has 0 saturated carbocycles. The van der Waals surface area contributed by atoms with Gasteiger partial charge in [-0.1, -0.05) is 35.9 Å². The lowest BCUT2D eigenvalue weighted by Crippen LogP contribution is -2.42. The van der Waals surface area contributed by atoms with Crippen LogP contribution >= 0.6 is 11.6 Å². The van der Waals surface area contributed by atoms with Gasteiger partial charge in [0.05, 0.1) is 0 Å². The van der Waals surface area contributed by atoms with Crippen molar-refractivity contribution in [2.45, 2.75) is 26.4 Å². The Morgan fingerprint density at radius 3 is 2.60 bits per heavy atom. The van der Waals surface area contributed by atoms with E-state index in [0.717, 1.165) is 11.1 Å². The third-order valence-corrected chi connectivity index (χ3v) is 4.98. The van der Waals surface area contributed by atoms with E-state index < -0.39 is 5.60 Å². The number of halogens is 1. The Balaban J connectivity index is 1.59. The summed E-state index contributed by atoms with van der Waals surface area (Å²) in [6.45, 7) is 5.40. The average molecular weight is 421 g/mol. The van der Waals surface area contributed by atoms with E-state index >= 15 is 0 Å². The van der Waals surface area contributed by atoms with Gasteiger partial charge in [-0.3, -0.25) is 4.79 Å². The van der Waals surface area contributed by atoms with Crippen LogP contribution in [-0.2, 0) is 4.79 Å². The number of hydrogen-bond donors (Lipinski definition) is 1. The lowest BCUT2D eigenvalue weighted by Gasteiger charge is -2.25. The van der Waals surface area contributed by atoms with Crippen molar-refractivity contribution in [1.82, 2.24) is 4.98 Å². The first kappa shape index (κ1) is 20.0. The van der Waals surface area contributed by atoms with Gasteiger partial charge >= 0.3 is 0 Å². The number of carbonyl (C=O) groups is 1. The van der Waals surface area contributed by atoms with Gasteiger partial charge in [-0.2, -0.15) is 0 Å². The predicted molar refractivity (Wildman–Crippen MR) is 119 cm³/mol. The van der Waals surface area contributed by atoms with Crippen molar-refractivity contribution >= 4 is 34.3 Å². The van der Waals surface area contributed by atoms with Gasteiger partial charge in [0.2, 0.25) is 5.89 Å². The van der Waals surface area contributed by atoms with Gasteiger partial charge in [0, 0.05) is 16.3 Å². The maximum atomic E-state index is 12.9. The number of aromatic nitrogens is 1. The smallest absolute Gasteiger partial charge is 0.267 e. The number of hydrogen-bond acceptors (Lipinski definition) is 4. The third-order valence-electron chi connectivity index (χ3n) is 4.75. The van der Waals surface area contributed by atoms with Crippen LogP contribution in [0.4, 0.5) is 5.69 Å². The number of amides is 1. The number of nitrogens with one attached hydrogen (secondary N) is 1. The molecule has 0 fully saturated rings. The fourth-order valence-electron chi connectivity index (χ4n) is 3.02. The van der Waals surface area contributed by atoms with E-state index in [1.165, 1.54) is 0 Å². The summed E-state index contributed by atoms with van der Waals surface area (Å²) in [5, 5.41) is 3.57. The number of benzene rings is 3. The number of nitrogens with zero attached hydrogens (tertiary/aromatic N) is 1. The average Bonchev–Trinajstić information content (AvgIpc) is 3.13. The molecule has 0 radical (unpaired) electrons. The summed E-state index contributed by atoms with van der Waals surface area (Å²) in [4.78, 5) is 17.4. The van der Waals surface area contributed by atoms with Crippen LogP contribution in [0.25, 0.3) is 22.6 Å². The standard InChI is InChI=1S/C24H21ClN2O3/c1-15-9-10-16(22-26-20-14-17(25)11-12-21(20)29-22)13-19(15)27-23(28)24(2,3)30-18-7-5-4-6-8-18/h4-14H,1-3H3,(H,27,28). The van der Waals surface area contributed by atoms with Gasteiger partial charge < -0.3 is 14.5 Å². The minimum atomic E-state index is -1.06. The second-order valence-electron chi connectivity index (χ2n) is 7.54. The summed E-state index contributed by atoms with van der Waals surface area (Å²) < 4.78 is 11.7. The number of oxazole rings is 1. The lowest BCUT2D eigenvalue weighted by molar-refractivity contribution is -0.128. The quantitative estimate of drug-likeness (QED) is 0.414. The molecule has 0 bridgehead atoms. The fourth-order valence-corrected chi connectivity index (χ4v) is 3.18. The van der Waals surface area contributed by atoms with Crippen LogP contribution in [0, 0.1) is 6.92 Å². The Bertz CT molecular complexity index is 1220. The first-order chi connectivity index (χ1) is 14.3. The fraction of sp³-hybridized carbons (Fsp3) is 0.167. The van der Waals surface area contributed by atoms with Crippen molar-refractivity contribution in [3.8, 4) is 17.2 Å². The molecule has 0 saturated heterocycles. The molecular formula is C24H21ClN2O3. The second kappa shape index (κ2) is 7.84. The molecule has 1 N–H and O–H groups in total. The molecule has 1 aromatic heterocycles. The zero-order valence-corrected chi connectivity index (χ0v) is 17.7. The number of aryl methyl sites for hydroxylation is 1. The molecular weight excluding hydrogens is 400 g/mol. The van der Waals surface area contributed by atoms with Crippen LogP contribution < -0.4 is 10.1 Å². The molecule has 0 unspecified atom stereocenters. The largest absolute Gasteiger partial charge is 0.478 e. The Kier molecular flexibility index (Phi) is 5.22. The molecule has 152 valence electrons. The summed E-state index contributed by atoms with van der Waals surface area (Å²) in [5.41, 5.74) is 2.62. The van der Waals surface area contributed by atoms with Crippen molar-refractivity contribution in [2.24, 2.45) is 0 Å². The van der Waals surface area contributed by atoms with E-state index in [1.807, 2.05) is 55.5 Å². The molecule has 5 nitrogen and oxygen atoms in total. The van der Waals surface area contributed by atoms with Crippen molar-refractivity contribution < 1.29 is 13.9 Å². The normalized spacial score (nSPS) is 11.5. The number of ether oxygens (including phenoxy) is 1. The Morgan fingerprint density at radius 1 is 1.07 bits per heavy atom. The van der Waals surface area contributed by atoms with Gasteiger partial charge in [-0.05, 0) is 68.8 Å². The molecule has 0 aliphatic heterocycles. The first-order valence-corrected chi connectivity index (χ1v) is 9.92. The van der Waals surface area contributed by atoms with Crippen LogP contribution in [-0.4, -0.2) is 16.5 Å². The minimum Gasteiger partial charge on any atom is -0.478 e. The highest BCUT2D eigenvalue weighted by Crippen LogP contribution is 2.30. The van der Waals surface area contributed by atoms with Crippen LogP contribution in [0.15, 0.2) is 71.1 Å². The van der Waals surface area contributed by atoms with Crippen LogP contribution in [0.3, 0.4) is 0 Å². The summed E-state index contributed by atoms with van der Waals surface area (Å²) in [5.74, 6) is 0.840. The highest BCUT2D eigenvalue weighted by molar-refractivity contribution is 6.31. The van der Waals surface area contributed by atoms with E-state index in [9.17, 15) is 4.79 Å². The number of anilines is 1. The highest BCUT2D eigenvalue weighted by atomic mass is 35.5. The number of fused-ring (bicyclic) bond motifs is 1. The topological polar surface area (TPSA) is 64.4 Å². The second-order valence-corrected chi connectivity index (χ2v) is 7.98. The number of rotatable bonds is 5. The SMILES string of the molecule is Cc1ccc(-c2nc3cc(Cl)ccc3o2)cc1NC(=O)C(C)(C)Oc1ccccc1. The molecule has 3 aromatic carbocycles. The Labute approximate surface area is 179 Å². The van der Waals surface area contributed by atoms with Gasteiger partial charge in [0.15, 0.2) is 11.2 Å². The number of para-hydroxylation sites is 1. The predicted octanol–water partition coefficient (Wildman–Crippen LogP) is 6.25. The van der Waals surface area contributed by atoms with Crippen molar-refractivity contribution in [1.29, 1.82) is 0 Å². The summed E-state index contributed by atoms with van der Waals surface area (Å²) >= 11 is 6.04. The maximum absolute atomic E-state index is 12.9. The number of carbonyl (C=O) groups excluding carboxylic acids is 1. The van der Waals surface area contributed by atoms with Gasteiger partial charge in [-0.25, -0.2) is 4.98 Å². The van der Waals surface area contributed by atoms with E-state index in [4.69, 9.17) is 20.8 Å². The van der Waals surface area contributed by atoms with E-state index in [2.05, 4.69) is 10.3 Å². The monoisotopic (exact) mass is 420 g/mol. The summed E-state index contributed by atoms with van der Waals surface area (Å²) in [6, 6.07) is 20.2. The first-order valence-electron chi connectivity index (χ1n) is 9.54. The van der Waals surface area contributed by atoms with Gasteiger partial charge in [0.25, 0.3) is 5.91 Å². The third kappa shape index (κ3) is 4.16. The summed E-state index contributed by atoms with van der Waals surface area (Å²) in [7, 11) is 0. The molecule has 30 heavy (non-hydrogen) atoms. The van der Waals surface area contributed by atoms with Crippen molar-refractivity contribution in [2.75, 3.05) is 5.32 Å². The minimum absolute atomic E-state index is 0.254. The molecule has 1 heterocycles. The molecule has 4 aromatic rings. The molecule has 4 rings (SSSR count). The van der Waals surface area contributed by atoms with Crippen LogP contribution in [0.2, 0.25) is 5.02 Å². The maximum Gasteiger partial charge on any atom is 0.267 e. The van der Waals surface area contributed by atoms with Crippen molar-refractivity contribution in [3.63, 3.8) is 0 Å². The Hall–Kier alpha value is -3.31. The molecule has 1 amide bonds. The van der Waals surface area contributed by atoms with Gasteiger partial charge in [-0.15, -0.1) is 0 Å². The molecule has 0 atom stereocenters. The van der Waals surface area contributed by atoms with E-state index in [1.54, 1.807) is 32.0 Å². The molecule has 0 aliphatic rings. The Morgan fingerprint density at radius 2 is 1.83 bits per heavy atom. The van der Waals surface area contributed by atoms with Crippen LogP contribution in [0.5, 0.6) is 5.75 Å². The zero-order chi connectivity index (χ0) is 21.3. The van der Waals surface area contributed by atoms with Crippen LogP contribution in [0.1, 0.15) is 19.4 Å². The summed E-state index contributed by atoms with van der Waals surface area (Å²) in [6.07, 6.45) is 0.